The fraction of sp³-hybridized carbons (Fsp3) is 0.625. The number of imide groups is 1. The van der Waals surface area contributed by atoms with Crippen LogP contribution in [0.4, 0.5) is 4.79 Å². The van der Waals surface area contributed by atoms with Crippen LogP contribution >= 0.6 is 0 Å². The molecule has 1 aromatic rings. The number of nitrogens with zero attached hydrogens (tertiary/aromatic N) is 2. The zero-order valence-electron chi connectivity index (χ0n) is 20.0. The Kier molecular flexibility index (Phi) is 6.72. The van der Waals surface area contributed by atoms with Crippen molar-refractivity contribution >= 4 is 17.8 Å². The maximum Gasteiger partial charge on any atom is 0.325 e. The van der Waals surface area contributed by atoms with Crippen molar-refractivity contribution in [3.63, 3.8) is 0 Å². The largest absolute Gasteiger partial charge is 0.493 e. The van der Waals surface area contributed by atoms with Crippen LogP contribution in [-0.2, 0) is 16.1 Å². The molecule has 8 heteroatoms. The highest BCUT2D eigenvalue weighted by molar-refractivity contribution is 6.09. The van der Waals surface area contributed by atoms with Crippen molar-refractivity contribution in [3.05, 3.63) is 23.8 Å². The molecule has 0 aromatic heterocycles. The number of methoxy groups -OCH3 is 2. The topological polar surface area (TPSA) is 88.2 Å². The maximum absolute atomic E-state index is 13.3. The van der Waals surface area contributed by atoms with E-state index >= 15 is 0 Å². The van der Waals surface area contributed by atoms with Crippen LogP contribution in [0.15, 0.2) is 18.2 Å². The molecule has 1 aliphatic heterocycles. The van der Waals surface area contributed by atoms with Crippen LogP contribution in [0.5, 0.6) is 11.5 Å². The Labute approximate surface area is 190 Å². The molecule has 2 fully saturated rings. The quantitative estimate of drug-likeness (QED) is 0.651. The number of rotatable bonds is 7. The Morgan fingerprint density at radius 3 is 2.47 bits per heavy atom. The van der Waals surface area contributed by atoms with Crippen LogP contribution in [0, 0.1) is 11.3 Å². The molecule has 0 bridgehead atoms. The molecule has 3 rings (SSSR count). The molecule has 8 nitrogen and oxygen atoms in total. The number of likely N-dealkylation sites (N-methyl/N-ethyl adjacent to an activating group) is 1. The molecule has 1 N–H and O–H groups in total. The Balaban J connectivity index is 1.72. The predicted octanol–water partition coefficient (Wildman–Crippen LogP) is 3.19. The molecule has 1 spiro atoms. The molecule has 1 heterocycles. The SMILES string of the molecule is CCN(Cc1ccc(OC)c(OC)c1)C(=O)CN1C(=O)NC2(CC(C)CC(C)(C)C2)C1=O. The number of ether oxygens (including phenoxy) is 2. The molecule has 176 valence electrons. The van der Waals surface area contributed by atoms with Gasteiger partial charge in [-0.2, -0.15) is 0 Å². The third-order valence-electron chi connectivity index (χ3n) is 6.47. The summed E-state index contributed by atoms with van der Waals surface area (Å²) in [6.07, 6.45) is 2.20. The average molecular weight is 446 g/mol. The molecule has 1 aliphatic carbocycles. The lowest BCUT2D eigenvalue weighted by Crippen LogP contribution is -2.54. The molecule has 2 unspecified atom stereocenters. The third kappa shape index (κ3) is 4.69. The van der Waals surface area contributed by atoms with E-state index < -0.39 is 11.6 Å². The molecule has 1 saturated carbocycles. The molecule has 1 aromatic carbocycles. The number of nitrogens with one attached hydrogen (secondary N) is 1. The van der Waals surface area contributed by atoms with Crippen LogP contribution in [0.3, 0.4) is 0 Å². The van der Waals surface area contributed by atoms with E-state index in [1.165, 1.54) is 0 Å². The number of benzene rings is 1. The maximum atomic E-state index is 13.3. The summed E-state index contributed by atoms with van der Waals surface area (Å²) >= 11 is 0. The van der Waals surface area contributed by atoms with E-state index in [9.17, 15) is 14.4 Å². The number of urea groups is 1. The van der Waals surface area contributed by atoms with Crippen molar-refractivity contribution in [2.75, 3.05) is 27.3 Å². The van der Waals surface area contributed by atoms with Gasteiger partial charge in [0.25, 0.3) is 5.91 Å². The molecule has 0 radical (unpaired) electrons. The van der Waals surface area contributed by atoms with E-state index in [4.69, 9.17) is 9.47 Å². The summed E-state index contributed by atoms with van der Waals surface area (Å²) in [6, 6.07) is 5.00. The van der Waals surface area contributed by atoms with Crippen molar-refractivity contribution in [2.45, 2.75) is 59.0 Å². The fourth-order valence-corrected chi connectivity index (χ4v) is 5.46. The van der Waals surface area contributed by atoms with Crippen molar-refractivity contribution in [1.82, 2.24) is 15.1 Å². The minimum Gasteiger partial charge on any atom is -0.493 e. The monoisotopic (exact) mass is 445 g/mol. The van der Waals surface area contributed by atoms with Crippen LogP contribution in [0.1, 0.15) is 52.5 Å². The Hall–Kier alpha value is -2.77. The second kappa shape index (κ2) is 9.00. The predicted molar refractivity (Wildman–Crippen MR) is 120 cm³/mol. The van der Waals surface area contributed by atoms with Gasteiger partial charge in [-0.15, -0.1) is 0 Å². The summed E-state index contributed by atoms with van der Waals surface area (Å²) in [5, 5.41) is 2.93. The van der Waals surface area contributed by atoms with E-state index in [0.29, 0.717) is 43.3 Å². The van der Waals surface area contributed by atoms with Crippen molar-refractivity contribution in [1.29, 1.82) is 0 Å². The van der Waals surface area contributed by atoms with Crippen LogP contribution in [0.25, 0.3) is 0 Å². The summed E-state index contributed by atoms with van der Waals surface area (Å²) in [7, 11) is 3.13. The number of carbonyl (C=O) groups is 3. The van der Waals surface area contributed by atoms with E-state index in [2.05, 4.69) is 26.1 Å². The first-order valence-electron chi connectivity index (χ1n) is 11.2. The molecule has 2 aliphatic rings. The number of hydrogen-bond acceptors (Lipinski definition) is 5. The van der Waals surface area contributed by atoms with Gasteiger partial charge in [0.1, 0.15) is 12.1 Å². The van der Waals surface area contributed by atoms with Gasteiger partial charge in [-0.05, 0) is 55.2 Å². The smallest absolute Gasteiger partial charge is 0.325 e. The zero-order valence-corrected chi connectivity index (χ0v) is 20.0. The highest BCUT2D eigenvalue weighted by atomic mass is 16.5. The van der Waals surface area contributed by atoms with Gasteiger partial charge in [0.15, 0.2) is 11.5 Å². The van der Waals surface area contributed by atoms with Gasteiger partial charge >= 0.3 is 6.03 Å². The lowest BCUT2D eigenvalue weighted by Gasteiger charge is -2.43. The molecule has 2 atom stereocenters. The minimum absolute atomic E-state index is 0.0521. The second-order valence-electron chi connectivity index (χ2n) is 9.86. The average Bonchev–Trinajstić information content (AvgIpc) is 2.93. The van der Waals surface area contributed by atoms with Crippen molar-refractivity contribution < 1.29 is 23.9 Å². The molecular formula is C24H35N3O5. The van der Waals surface area contributed by atoms with Gasteiger partial charge in [-0.3, -0.25) is 14.5 Å². The van der Waals surface area contributed by atoms with Crippen molar-refractivity contribution in [2.24, 2.45) is 11.3 Å². The molecule has 32 heavy (non-hydrogen) atoms. The standard InChI is InChI=1S/C24H35N3O5/c1-7-26(13-17-8-9-18(31-5)19(10-17)32-6)20(28)14-27-21(29)24(25-22(27)30)12-16(2)11-23(3,4)15-24/h8-10,16H,7,11-15H2,1-6H3,(H,25,30). The minimum atomic E-state index is -0.904. The van der Waals surface area contributed by atoms with E-state index in [0.717, 1.165) is 16.9 Å². The fourth-order valence-electron chi connectivity index (χ4n) is 5.46. The Morgan fingerprint density at radius 2 is 1.88 bits per heavy atom. The normalized spacial score (nSPS) is 24.4. The lowest BCUT2D eigenvalue weighted by molar-refractivity contribution is -0.141. The van der Waals surface area contributed by atoms with E-state index in [1.807, 2.05) is 19.1 Å². The van der Waals surface area contributed by atoms with Gasteiger partial charge in [-0.1, -0.05) is 26.8 Å². The van der Waals surface area contributed by atoms with Gasteiger partial charge in [-0.25, -0.2) is 4.79 Å². The number of carbonyl (C=O) groups excluding carboxylic acids is 3. The van der Waals surface area contributed by atoms with Crippen LogP contribution < -0.4 is 14.8 Å². The zero-order chi connectivity index (χ0) is 23.7. The van der Waals surface area contributed by atoms with Gasteiger partial charge in [0, 0.05) is 13.1 Å². The lowest BCUT2D eigenvalue weighted by atomic mass is 9.64. The summed E-state index contributed by atoms with van der Waals surface area (Å²) in [6.45, 7) is 8.76. The Bertz CT molecular complexity index is 900. The summed E-state index contributed by atoms with van der Waals surface area (Å²) < 4.78 is 10.6. The first-order valence-corrected chi connectivity index (χ1v) is 11.2. The van der Waals surface area contributed by atoms with E-state index in [1.54, 1.807) is 25.2 Å². The number of hydrogen-bond donors (Lipinski definition) is 1. The Morgan fingerprint density at radius 1 is 1.19 bits per heavy atom. The molecule has 1 saturated heterocycles. The third-order valence-corrected chi connectivity index (χ3v) is 6.47. The number of amides is 4. The highest BCUT2D eigenvalue weighted by Crippen LogP contribution is 2.46. The van der Waals surface area contributed by atoms with Crippen molar-refractivity contribution in [3.8, 4) is 11.5 Å². The van der Waals surface area contributed by atoms with Crippen LogP contribution in [0.2, 0.25) is 0 Å². The van der Waals surface area contributed by atoms with Gasteiger partial charge in [0.05, 0.1) is 14.2 Å². The highest BCUT2D eigenvalue weighted by Gasteiger charge is 2.56. The first-order chi connectivity index (χ1) is 15.0. The van der Waals surface area contributed by atoms with Gasteiger partial charge < -0.3 is 19.7 Å². The molecular weight excluding hydrogens is 410 g/mol. The summed E-state index contributed by atoms with van der Waals surface area (Å²) in [5.74, 6) is 0.956. The second-order valence-corrected chi connectivity index (χ2v) is 9.86. The van der Waals surface area contributed by atoms with Gasteiger partial charge in [0.2, 0.25) is 5.91 Å². The first kappa shape index (κ1) is 23.9. The molecule has 4 amide bonds. The van der Waals surface area contributed by atoms with E-state index in [-0.39, 0.29) is 23.8 Å². The van der Waals surface area contributed by atoms with Crippen LogP contribution in [-0.4, -0.2) is 60.5 Å². The summed E-state index contributed by atoms with van der Waals surface area (Å²) in [4.78, 5) is 41.8. The summed E-state index contributed by atoms with van der Waals surface area (Å²) in [5.41, 5.74) is -0.0861.